The molecule has 0 spiro atoms. The van der Waals surface area contributed by atoms with E-state index >= 15 is 0 Å². The van der Waals surface area contributed by atoms with E-state index in [0.717, 1.165) is 0 Å². The molecule has 0 bridgehead atoms. The van der Waals surface area contributed by atoms with E-state index in [-0.39, 0.29) is 11.0 Å². The number of hydrogen-bond donors (Lipinski definition) is 3. The minimum atomic E-state index is -1.24. The molecule has 2 rings (SSSR count). The lowest BCUT2D eigenvalue weighted by Gasteiger charge is -2.15. The van der Waals surface area contributed by atoms with Crippen LogP contribution in [0.2, 0.25) is 0 Å². The lowest BCUT2D eigenvalue weighted by molar-refractivity contribution is 0.0695. The largest absolute Gasteiger partial charge is 0.477 e. The number of carboxylic acids is 1. The Kier molecular flexibility index (Phi) is 2.30. The maximum atomic E-state index is 12.0. The summed E-state index contributed by atoms with van der Waals surface area (Å²) in [7, 11) is 0. The number of aromatic carboxylic acids is 1. The topological polar surface area (TPSA) is 98.8 Å². The Labute approximate surface area is 96.7 Å². The Balaban J connectivity index is 2.88. The van der Waals surface area contributed by atoms with Gasteiger partial charge in [-0.2, -0.15) is 5.10 Å². The zero-order chi connectivity index (χ0) is 12.8. The predicted octanol–water partition coefficient (Wildman–Crippen LogP) is 1.25. The standard InChI is InChI=1S/C11H13N3O3/c1-11(2,3)8-6-7(15)5(10(16)17)4-12-9(6)14-13-8/h4H,1-3H3,(H,16,17)(H2,12,13,14,15). The first-order chi connectivity index (χ1) is 7.82. The molecule has 0 aliphatic heterocycles. The zero-order valence-electron chi connectivity index (χ0n) is 9.79. The van der Waals surface area contributed by atoms with Crippen molar-refractivity contribution in [2.24, 2.45) is 0 Å². The van der Waals surface area contributed by atoms with Gasteiger partial charge in [-0.1, -0.05) is 20.8 Å². The minimum Gasteiger partial charge on any atom is -0.477 e. The van der Waals surface area contributed by atoms with Crippen LogP contribution >= 0.6 is 0 Å². The van der Waals surface area contributed by atoms with Crippen LogP contribution in [0.4, 0.5) is 0 Å². The number of H-pyrrole nitrogens is 2. The Bertz CT molecular complexity index is 646. The average molecular weight is 235 g/mol. The Morgan fingerprint density at radius 3 is 2.59 bits per heavy atom. The third-order valence-corrected chi connectivity index (χ3v) is 2.57. The predicted molar refractivity (Wildman–Crippen MR) is 62.4 cm³/mol. The van der Waals surface area contributed by atoms with Gasteiger partial charge in [0.2, 0.25) is 5.43 Å². The van der Waals surface area contributed by atoms with Crippen LogP contribution in [0, 0.1) is 0 Å². The maximum Gasteiger partial charge on any atom is 0.341 e. The van der Waals surface area contributed by atoms with Crippen molar-refractivity contribution < 1.29 is 9.90 Å². The normalized spacial score (nSPS) is 11.9. The molecule has 0 saturated carbocycles. The molecule has 2 heterocycles. The van der Waals surface area contributed by atoms with Gasteiger partial charge in [-0.25, -0.2) is 4.79 Å². The summed E-state index contributed by atoms with van der Waals surface area (Å²) in [4.78, 5) is 25.6. The molecule has 3 N–H and O–H groups in total. The quantitative estimate of drug-likeness (QED) is 0.692. The summed E-state index contributed by atoms with van der Waals surface area (Å²) in [6.45, 7) is 5.77. The van der Waals surface area contributed by atoms with Crippen LogP contribution in [0.5, 0.6) is 0 Å². The van der Waals surface area contributed by atoms with Crippen LogP contribution in [0.15, 0.2) is 11.0 Å². The van der Waals surface area contributed by atoms with E-state index in [1.165, 1.54) is 6.20 Å². The van der Waals surface area contributed by atoms with Crippen LogP contribution in [-0.2, 0) is 5.41 Å². The molecule has 0 amide bonds. The highest BCUT2D eigenvalue weighted by atomic mass is 16.4. The smallest absolute Gasteiger partial charge is 0.341 e. The minimum absolute atomic E-state index is 0.274. The molecule has 6 heteroatoms. The number of hydrogen-bond acceptors (Lipinski definition) is 3. The first-order valence-electron chi connectivity index (χ1n) is 5.16. The van der Waals surface area contributed by atoms with Gasteiger partial charge < -0.3 is 10.1 Å². The van der Waals surface area contributed by atoms with Gasteiger partial charge in [0.15, 0.2) is 5.65 Å². The van der Waals surface area contributed by atoms with Crippen molar-refractivity contribution in [2.45, 2.75) is 26.2 Å². The van der Waals surface area contributed by atoms with Crippen molar-refractivity contribution in [3.05, 3.63) is 27.7 Å². The molecule has 0 aromatic carbocycles. The number of rotatable bonds is 1. The van der Waals surface area contributed by atoms with Crippen LogP contribution in [0.1, 0.15) is 36.8 Å². The first-order valence-corrected chi connectivity index (χ1v) is 5.16. The molecule has 0 aliphatic carbocycles. The number of carboxylic acid groups (broad SMARTS) is 1. The number of carbonyl (C=O) groups is 1. The molecule has 0 atom stereocenters. The number of fused-ring (bicyclic) bond motifs is 1. The summed E-state index contributed by atoms with van der Waals surface area (Å²) < 4.78 is 0. The second kappa shape index (κ2) is 3.44. The van der Waals surface area contributed by atoms with Gasteiger partial charge in [0.25, 0.3) is 0 Å². The number of pyridine rings is 1. The summed E-state index contributed by atoms with van der Waals surface area (Å²) in [6, 6.07) is 0. The van der Waals surface area contributed by atoms with Gasteiger partial charge in [-0.3, -0.25) is 9.89 Å². The lowest BCUT2D eigenvalue weighted by Crippen LogP contribution is -2.19. The monoisotopic (exact) mass is 235 g/mol. The molecule has 90 valence electrons. The van der Waals surface area contributed by atoms with Crippen molar-refractivity contribution in [2.75, 3.05) is 0 Å². The highest BCUT2D eigenvalue weighted by Gasteiger charge is 2.24. The van der Waals surface area contributed by atoms with Crippen molar-refractivity contribution in [1.29, 1.82) is 0 Å². The van der Waals surface area contributed by atoms with Gasteiger partial charge in [0, 0.05) is 11.6 Å². The second-order valence-corrected chi connectivity index (χ2v) is 4.91. The Morgan fingerprint density at radius 2 is 2.06 bits per heavy atom. The molecule has 0 aliphatic rings. The fourth-order valence-electron chi connectivity index (χ4n) is 1.71. The molecular formula is C11H13N3O3. The maximum absolute atomic E-state index is 12.0. The fraction of sp³-hybridized carbons (Fsp3) is 0.364. The molecule has 0 unspecified atom stereocenters. The van der Waals surface area contributed by atoms with Crippen LogP contribution < -0.4 is 5.43 Å². The van der Waals surface area contributed by atoms with Crippen LogP contribution in [0.3, 0.4) is 0 Å². The van der Waals surface area contributed by atoms with Gasteiger partial charge in [0.1, 0.15) is 5.56 Å². The van der Waals surface area contributed by atoms with E-state index in [1.807, 2.05) is 20.8 Å². The summed E-state index contributed by atoms with van der Waals surface area (Å²) in [5, 5.41) is 16.0. The van der Waals surface area contributed by atoms with E-state index < -0.39 is 11.4 Å². The van der Waals surface area contributed by atoms with E-state index in [1.54, 1.807) is 0 Å². The summed E-state index contributed by atoms with van der Waals surface area (Å²) in [6.07, 6.45) is 1.17. The van der Waals surface area contributed by atoms with E-state index in [4.69, 9.17) is 5.11 Å². The highest BCUT2D eigenvalue weighted by molar-refractivity contribution is 5.92. The van der Waals surface area contributed by atoms with Crippen LogP contribution in [0.25, 0.3) is 11.0 Å². The number of aromatic nitrogens is 3. The van der Waals surface area contributed by atoms with Crippen molar-refractivity contribution >= 4 is 17.0 Å². The summed E-state index contributed by atoms with van der Waals surface area (Å²) in [5.41, 5.74) is -0.0742. The van der Waals surface area contributed by atoms with Gasteiger partial charge >= 0.3 is 5.97 Å². The number of nitrogens with zero attached hydrogens (tertiary/aromatic N) is 1. The molecular weight excluding hydrogens is 222 g/mol. The molecule has 0 saturated heterocycles. The van der Waals surface area contributed by atoms with Crippen molar-refractivity contribution in [3.8, 4) is 0 Å². The number of aromatic amines is 2. The lowest BCUT2D eigenvalue weighted by atomic mass is 9.90. The zero-order valence-corrected chi connectivity index (χ0v) is 9.79. The summed E-state index contributed by atoms with van der Waals surface area (Å²) >= 11 is 0. The van der Waals surface area contributed by atoms with Gasteiger partial charge in [-0.05, 0) is 0 Å². The third kappa shape index (κ3) is 1.71. The SMILES string of the molecule is CC(C)(C)c1[nH]nc2[nH]cc(C(=O)O)c(=O)c12. The molecule has 2 aromatic rings. The third-order valence-electron chi connectivity index (χ3n) is 2.57. The van der Waals surface area contributed by atoms with E-state index in [9.17, 15) is 9.59 Å². The molecule has 0 radical (unpaired) electrons. The second-order valence-electron chi connectivity index (χ2n) is 4.91. The highest BCUT2D eigenvalue weighted by Crippen LogP contribution is 2.24. The van der Waals surface area contributed by atoms with Crippen LogP contribution in [-0.4, -0.2) is 26.3 Å². The van der Waals surface area contributed by atoms with Crippen molar-refractivity contribution in [3.63, 3.8) is 0 Å². The van der Waals surface area contributed by atoms with Gasteiger partial charge in [0.05, 0.1) is 11.1 Å². The summed E-state index contributed by atoms with van der Waals surface area (Å²) in [5.74, 6) is -1.24. The molecule has 17 heavy (non-hydrogen) atoms. The van der Waals surface area contributed by atoms with Gasteiger partial charge in [-0.15, -0.1) is 0 Å². The average Bonchev–Trinajstić information content (AvgIpc) is 2.61. The molecule has 0 fully saturated rings. The molecule has 6 nitrogen and oxygen atoms in total. The van der Waals surface area contributed by atoms with E-state index in [2.05, 4.69) is 15.2 Å². The fourth-order valence-corrected chi connectivity index (χ4v) is 1.71. The number of nitrogens with one attached hydrogen (secondary N) is 2. The van der Waals surface area contributed by atoms with E-state index in [0.29, 0.717) is 16.7 Å². The first kappa shape index (κ1) is 11.4. The van der Waals surface area contributed by atoms with Crippen molar-refractivity contribution in [1.82, 2.24) is 15.2 Å². The Morgan fingerprint density at radius 1 is 1.41 bits per heavy atom. The Hall–Kier alpha value is -2.11. The molecule has 2 aromatic heterocycles.